The molecule has 146 valence electrons. The molecule has 0 aliphatic carbocycles. The van der Waals surface area contributed by atoms with E-state index in [4.69, 9.17) is 14.5 Å². The molecule has 0 saturated carbocycles. The minimum atomic E-state index is -0.0111. The Morgan fingerprint density at radius 3 is 2.75 bits per heavy atom. The van der Waals surface area contributed by atoms with Crippen LogP contribution in [-0.2, 0) is 6.42 Å². The van der Waals surface area contributed by atoms with Crippen LogP contribution < -0.4 is 14.8 Å². The maximum atomic E-state index is 6.03. The van der Waals surface area contributed by atoms with E-state index in [1.807, 2.05) is 44.6 Å². The van der Waals surface area contributed by atoms with Gasteiger partial charge in [0.15, 0.2) is 11.5 Å². The molecule has 0 saturated heterocycles. The first-order chi connectivity index (χ1) is 13.7. The topological polar surface area (TPSA) is 59.5 Å². The molecule has 0 fully saturated rings. The van der Waals surface area contributed by atoms with Gasteiger partial charge in [0.2, 0.25) is 0 Å². The summed E-state index contributed by atoms with van der Waals surface area (Å²) in [4.78, 5) is 11.5. The molecule has 1 aliphatic heterocycles. The fourth-order valence-electron chi connectivity index (χ4n) is 3.55. The number of rotatable bonds is 6. The SMILES string of the molecule is COc1cc2c(cc1OCCN(C)C)C(c1cnc3ccccc3n1)NCC2. The highest BCUT2D eigenvalue weighted by molar-refractivity contribution is 5.73. The number of likely N-dealkylation sites (N-methyl/N-ethyl adjacent to an activating group) is 1. The van der Waals surface area contributed by atoms with Crippen molar-refractivity contribution in [2.45, 2.75) is 12.5 Å². The number of para-hydroxylation sites is 2. The number of methoxy groups -OCH3 is 1. The van der Waals surface area contributed by atoms with Crippen molar-refractivity contribution < 1.29 is 9.47 Å². The molecule has 3 aromatic rings. The molecule has 0 radical (unpaired) electrons. The Balaban J connectivity index is 1.70. The zero-order valence-corrected chi connectivity index (χ0v) is 16.6. The molecule has 2 aromatic carbocycles. The number of nitrogens with one attached hydrogen (secondary N) is 1. The van der Waals surface area contributed by atoms with E-state index in [0.717, 1.165) is 47.7 Å². The van der Waals surface area contributed by atoms with Crippen LogP contribution in [0.3, 0.4) is 0 Å². The quantitative estimate of drug-likeness (QED) is 0.712. The Labute approximate surface area is 165 Å². The van der Waals surface area contributed by atoms with Gasteiger partial charge in [0.05, 0.1) is 36.1 Å². The number of aromatic nitrogens is 2. The van der Waals surface area contributed by atoms with Crippen molar-refractivity contribution in [3.05, 3.63) is 59.4 Å². The van der Waals surface area contributed by atoms with E-state index in [1.54, 1.807) is 7.11 Å². The summed E-state index contributed by atoms with van der Waals surface area (Å²) in [5, 5.41) is 3.59. The summed E-state index contributed by atoms with van der Waals surface area (Å²) in [5.74, 6) is 1.55. The Morgan fingerprint density at radius 2 is 1.96 bits per heavy atom. The third-order valence-corrected chi connectivity index (χ3v) is 5.04. The summed E-state index contributed by atoms with van der Waals surface area (Å²) in [5.41, 5.74) is 5.17. The number of ether oxygens (including phenoxy) is 2. The molecule has 0 spiro atoms. The maximum Gasteiger partial charge on any atom is 0.161 e. The van der Waals surface area contributed by atoms with Crippen LogP contribution in [0, 0.1) is 0 Å². The van der Waals surface area contributed by atoms with Crippen LogP contribution in [0.4, 0.5) is 0 Å². The molecule has 6 nitrogen and oxygen atoms in total. The van der Waals surface area contributed by atoms with Crippen LogP contribution in [0.15, 0.2) is 42.6 Å². The van der Waals surface area contributed by atoms with E-state index in [-0.39, 0.29) is 6.04 Å². The van der Waals surface area contributed by atoms with Crippen LogP contribution in [-0.4, -0.2) is 55.8 Å². The van der Waals surface area contributed by atoms with Crippen molar-refractivity contribution in [3.63, 3.8) is 0 Å². The molecule has 4 rings (SSSR count). The fourth-order valence-corrected chi connectivity index (χ4v) is 3.55. The predicted molar refractivity (Wildman–Crippen MR) is 110 cm³/mol. The molecule has 1 atom stereocenters. The molecule has 0 amide bonds. The van der Waals surface area contributed by atoms with Gasteiger partial charge in [0.25, 0.3) is 0 Å². The zero-order valence-electron chi connectivity index (χ0n) is 16.6. The smallest absolute Gasteiger partial charge is 0.161 e. The minimum Gasteiger partial charge on any atom is -0.493 e. The lowest BCUT2D eigenvalue weighted by Crippen LogP contribution is -2.31. The van der Waals surface area contributed by atoms with Crippen LogP contribution >= 0.6 is 0 Å². The Hall–Kier alpha value is -2.70. The summed E-state index contributed by atoms with van der Waals surface area (Å²) in [6, 6.07) is 12.1. The van der Waals surface area contributed by atoms with Gasteiger partial charge in [-0.15, -0.1) is 0 Å². The second-order valence-electron chi connectivity index (χ2n) is 7.27. The third kappa shape index (κ3) is 3.79. The van der Waals surface area contributed by atoms with Crippen LogP contribution in [0.5, 0.6) is 11.5 Å². The van der Waals surface area contributed by atoms with Gasteiger partial charge in [-0.25, -0.2) is 4.98 Å². The van der Waals surface area contributed by atoms with E-state index < -0.39 is 0 Å². The number of hydrogen-bond acceptors (Lipinski definition) is 6. The predicted octanol–water partition coefficient (Wildman–Crippen LogP) is 2.81. The first kappa shape index (κ1) is 18.7. The van der Waals surface area contributed by atoms with Crippen molar-refractivity contribution >= 4 is 11.0 Å². The highest BCUT2D eigenvalue weighted by Gasteiger charge is 2.25. The number of fused-ring (bicyclic) bond motifs is 2. The molecular formula is C22H26N4O2. The molecule has 1 aromatic heterocycles. The minimum absolute atomic E-state index is 0.0111. The molecule has 28 heavy (non-hydrogen) atoms. The van der Waals surface area contributed by atoms with Crippen molar-refractivity contribution in [3.8, 4) is 11.5 Å². The lowest BCUT2D eigenvalue weighted by molar-refractivity contribution is 0.250. The molecule has 0 bridgehead atoms. The van der Waals surface area contributed by atoms with Gasteiger partial charge in [-0.3, -0.25) is 4.98 Å². The van der Waals surface area contributed by atoms with Gasteiger partial charge < -0.3 is 19.7 Å². The summed E-state index contributed by atoms with van der Waals surface area (Å²) < 4.78 is 11.6. The normalized spacial score (nSPS) is 16.2. The largest absolute Gasteiger partial charge is 0.493 e. The molecule has 2 heterocycles. The molecular weight excluding hydrogens is 352 g/mol. The number of benzene rings is 2. The van der Waals surface area contributed by atoms with Crippen molar-refractivity contribution in [1.29, 1.82) is 0 Å². The third-order valence-electron chi connectivity index (χ3n) is 5.04. The lowest BCUT2D eigenvalue weighted by atomic mass is 9.92. The second-order valence-corrected chi connectivity index (χ2v) is 7.27. The van der Waals surface area contributed by atoms with E-state index in [9.17, 15) is 0 Å². The van der Waals surface area contributed by atoms with Gasteiger partial charge in [-0.05, 0) is 55.9 Å². The monoisotopic (exact) mass is 378 g/mol. The first-order valence-electron chi connectivity index (χ1n) is 9.59. The molecule has 6 heteroatoms. The summed E-state index contributed by atoms with van der Waals surface area (Å²) in [6.07, 6.45) is 2.81. The highest BCUT2D eigenvalue weighted by Crippen LogP contribution is 2.37. The fraction of sp³-hybridized carbons (Fsp3) is 0.364. The Morgan fingerprint density at radius 1 is 1.14 bits per heavy atom. The van der Waals surface area contributed by atoms with Crippen molar-refractivity contribution in [1.82, 2.24) is 20.2 Å². The van der Waals surface area contributed by atoms with E-state index >= 15 is 0 Å². The Kier molecular flexibility index (Phi) is 5.41. The summed E-state index contributed by atoms with van der Waals surface area (Å²) in [6.45, 7) is 2.34. The van der Waals surface area contributed by atoms with Crippen LogP contribution in [0.2, 0.25) is 0 Å². The Bertz CT molecular complexity index is 974. The van der Waals surface area contributed by atoms with E-state index in [2.05, 4.69) is 27.3 Å². The summed E-state index contributed by atoms with van der Waals surface area (Å²) >= 11 is 0. The van der Waals surface area contributed by atoms with Gasteiger partial charge in [-0.1, -0.05) is 12.1 Å². The van der Waals surface area contributed by atoms with Crippen LogP contribution in [0.1, 0.15) is 22.9 Å². The van der Waals surface area contributed by atoms with Crippen molar-refractivity contribution in [2.75, 3.05) is 40.9 Å². The average molecular weight is 378 g/mol. The lowest BCUT2D eigenvalue weighted by Gasteiger charge is -2.28. The maximum absolute atomic E-state index is 6.03. The van der Waals surface area contributed by atoms with Gasteiger partial charge in [0, 0.05) is 13.1 Å². The molecule has 1 aliphatic rings. The summed E-state index contributed by atoms with van der Waals surface area (Å²) in [7, 11) is 5.76. The van der Waals surface area contributed by atoms with Gasteiger partial charge >= 0.3 is 0 Å². The van der Waals surface area contributed by atoms with Crippen LogP contribution in [0.25, 0.3) is 11.0 Å². The zero-order chi connectivity index (χ0) is 19.5. The van der Waals surface area contributed by atoms with E-state index in [1.165, 1.54) is 11.1 Å². The van der Waals surface area contributed by atoms with Crippen molar-refractivity contribution in [2.24, 2.45) is 0 Å². The second kappa shape index (κ2) is 8.12. The molecule has 1 N–H and O–H groups in total. The highest BCUT2D eigenvalue weighted by atomic mass is 16.5. The van der Waals surface area contributed by atoms with Gasteiger partial charge in [0.1, 0.15) is 6.61 Å². The number of nitrogens with zero attached hydrogens (tertiary/aromatic N) is 3. The van der Waals surface area contributed by atoms with E-state index in [0.29, 0.717) is 6.61 Å². The number of hydrogen-bond donors (Lipinski definition) is 1. The standard InChI is InChI=1S/C22H26N4O2/c1-26(2)10-11-28-21-13-16-15(12-20(21)27-3)8-9-23-22(16)19-14-24-17-6-4-5-7-18(17)25-19/h4-7,12-14,22-23H,8-11H2,1-3H3. The first-order valence-corrected chi connectivity index (χ1v) is 9.59. The average Bonchev–Trinajstić information content (AvgIpc) is 2.72. The molecule has 1 unspecified atom stereocenters. The van der Waals surface area contributed by atoms with Gasteiger partial charge in [-0.2, -0.15) is 0 Å².